The van der Waals surface area contributed by atoms with Crippen molar-refractivity contribution in [1.29, 1.82) is 0 Å². The fourth-order valence-corrected chi connectivity index (χ4v) is 3.15. The van der Waals surface area contributed by atoms with Crippen LogP contribution < -0.4 is 0 Å². The van der Waals surface area contributed by atoms with E-state index < -0.39 is 0 Å². The lowest BCUT2D eigenvalue weighted by molar-refractivity contribution is 0.0193. The predicted octanol–water partition coefficient (Wildman–Crippen LogP) is 3.52. The topological polar surface area (TPSA) is 74.2 Å². The van der Waals surface area contributed by atoms with E-state index in [1.165, 1.54) is 12.8 Å². The molecule has 2 atom stereocenters. The van der Waals surface area contributed by atoms with Gasteiger partial charge in [0.25, 0.3) is 5.89 Å². The summed E-state index contributed by atoms with van der Waals surface area (Å²) in [7, 11) is 0. The minimum atomic E-state index is 0.0506. The zero-order valence-corrected chi connectivity index (χ0v) is 13.2. The molecule has 0 amide bonds. The van der Waals surface area contributed by atoms with Crippen molar-refractivity contribution in [3.63, 3.8) is 0 Å². The Morgan fingerprint density at radius 3 is 2.64 bits per heavy atom. The van der Waals surface area contributed by atoms with Crippen molar-refractivity contribution in [3.05, 3.63) is 17.7 Å². The van der Waals surface area contributed by atoms with Gasteiger partial charge in [0.1, 0.15) is 5.76 Å². The summed E-state index contributed by atoms with van der Waals surface area (Å²) < 4.78 is 16.6. The first-order chi connectivity index (χ1) is 10.5. The molecule has 1 saturated heterocycles. The molecule has 2 aliphatic rings. The fourth-order valence-electron chi connectivity index (χ4n) is 3.15. The SMILES string of the molecule is CC(C)(C)[C@@H]1OCC[C@H]1c1noc(-c2cc(C3CC3)on2)n1. The van der Waals surface area contributed by atoms with Crippen molar-refractivity contribution < 1.29 is 13.8 Å². The molecule has 4 rings (SSSR count). The lowest BCUT2D eigenvalue weighted by atomic mass is 9.81. The van der Waals surface area contributed by atoms with Crippen molar-refractivity contribution in [2.24, 2.45) is 5.41 Å². The van der Waals surface area contributed by atoms with Crippen LogP contribution in [0.4, 0.5) is 0 Å². The second-order valence-electron chi connectivity index (χ2n) is 7.40. The first-order valence-electron chi connectivity index (χ1n) is 7.94. The van der Waals surface area contributed by atoms with Crippen molar-refractivity contribution in [3.8, 4) is 11.6 Å². The second kappa shape index (κ2) is 4.91. The highest BCUT2D eigenvalue weighted by Gasteiger charge is 2.40. The third-order valence-corrected chi connectivity index (χ3v) is 4.45. The maximum absolute atomic E-state index is 5.89. The third kappa shape index (κ3) is 2.45. The fraction of sp³-hybridized carbons (Fsp3) is 0.688. The van der Waals surface area contributed by atoms with Crippen LogP contribution >= 0.6 is 0 Å². The Morgan fingerprint density at radius 2 is 1.91 bits per heavy atom. The molecule has 0 aromatic carbocycles. The van der Waals surface area contributed by atoms with Crippen molar-refractivity contribution in [2.75, 3.05) is 6.61 Å². The summed E-state index contributed by atoms with van der Waals surface area (Å²) in [6.07, 6.45) is 3.39. The van der Waals surface area contributed by atoms with Crippen LogP contribution in [0.1, 0.15) is 63.5 Å². The van der Waals surface area contributed by atoms with Crippen LogP contribution in [0.3, 0.4) is 0 Å². The van der Waals surface area contributed by atoms with E-state index in [0.29, 0.717) is 23.3 Å². The quantitative estimate of drug-likeness (QED) is 0.863. The molecule has 22 heavy (non-hydrogen) atoms. The standard InChI is InChI=1S/C16H21N3O3/c1-16(2,3)13-10(6-7-20-13)14-17-15(22-19-14)11-8-12(21-18-11)9-4-5-9/h8-10,13H,4-7H2,1-3H3/t10-,13-/m1/s1. The van der Waals surface area contributed by atoms with Gasteiger partial charge in [-0.15, -0.1) is 0 Å². The highest BCUT2D eigenvalue weighted by Crippen LogP contribution is 2.42. The summed E-state index contributed by atoms with van der Waals surface area (Å²) in [4.78, 5) is 4.54. The van der Waals surface area contributed by atoms with Gasteiger partial charge < -0.3 is 13.8 Å². The van der Waals surface area contributed by atoms with E-state index in [-0.39, 0.29) is 17.4 Å². The first-order valence-corrected chi connectivity index (χ1v) is 7.94. The summed E-state index contributed by atoms with van der Waals surface area (Å²) in [6, 6.07) is 1.92. The molecular weight excluding hydrogens is 282 g/mol. The van der Waals surface area contributed by atoms with Crippen LogP contribution in [0.25, 0.3) is 11.6 Å². The molecule has 0 N–H and O–H groups in total. The molecule has 6 heteroatoms. The number of nitrogens with zero attached hydrogens (tertiary/aromatic N) is 3. The van der Waals surface area contributed by atoms with E-state index in [9.17, 15) is 0 Å². The van der Waals surface area contributed by atoms with Crippen LogP contribution in [0.5, 0.6) is 0 Å². The largest absolute Gasteiger partial charge is 0.377 e. The second-order valence-corrected chi connectivity index (χ2v) is 7.40. The average Bonchev–Trinajstić information content (AvgIpc) is 2.95. The summed E-state index contributed by atoms with van der Waals surface area (Å²) in [5.41, 5.74) is 0.682. The first kappa shape index (κ1) is 13.9. The third-order valence-electron chi connectivity index (χ3n) is 4.45. The summed E-state index contributed by atoms with van der Waals surface area (Å²) in [5, 5.41) is 8.21. The van der Waals surface area contributed by atoms with Gasteiger partial charge in [-0.2, -0.15) is 4.98 Å². The van der Waals surface area contributed by atoms with E-state index in [0.717, 1.165) is 18.8 Å². The summed E-state index contributed by atoms with van der Waals surface area (Å²) in [6.45, 7) is 7.27. The number of hydrogen-bond acceptors (Lipinski definition) is 6. The molecule has 2 aromatic rings. The van der Waals surface area contributed by atoms with Gasteiger partial charge >= 0.3 is 0 Å². The van der Waals surface area contributed by atoms with Crippen molar-refractivity contribution in [2.45, 2.75) is 58.0 Å². The Hall–Kier alpha value is -1.69. The van der Waals surface area contributed by atoms with Gasteiger partial charge in [-0.05, 0) is 24.7 Å². The van der Waals surface area contributed by atoms with Gasteiger partial charge in [0.05, 0.1) is 12.0 Å². The molecule has 6 nitrogen and oxygen atoms in total. The average molecular weight is 303 g/mol. The molecule has 118 valence electrons. The maximum Gasteiger partial charge on any atom is 0.280 e. The minimum Gasteiger partial charge on any atom is -0.377 e. The molecule has 1 aliphatic carbocycles. The number of rotatable bonds is 3. The minimum absolute atomic E-state index is 0.0506. The van der Waals surface area contributed by atoms with Crippen LogP contribution in [-0.4, -0.2) is 28.0 Å². The molecule has 3 heterocycles. The molecule has 0 bridgehead atoms. The molecule has 1 aliphatic heterocycles. The molecule has 2 aromatic heterocycles. The molecule has 2 fully saturated rings. The van der Waals surface area contributed by atoms with Gasteiger partial charge in [0, 0.05) is 18.6 Å². The van der Waals surface area contributed by atoms with Gasteiger partial charge in [0.15, 0.2) is 11.5 Å². The van der Waals surface area contributed by atoms with Crippen LogP contribution in [0, 0.1) is 5.41 Å². The molecule has 1 saturated carbocycles. The maximum atomic E-state index is 5.89. The Balaban J connectivity index is 1.57. The molecule has 0 radical (unpaired) electrons. The Labute approximate surface area is 129 Å². The van der Waals surface area contributed by atoms with Crippen LogP contribution in [-0.2, 0) is 4.74 Å². The number of aromatic nitrogens is 3. The van der Waals surface area contributed by atoms with E-state index in [1.807, 2.05) is 6.07 Å². The summed E-state index contributed by atoms with van der Waals surface area (Å²) >= 11 is 0. The Bertz CT molecular complexity index is 666. The van der Waals surface area contributed by atoms with E-state index in [2.05, 4.69) is 36.1 Å². The predicted molar refractivity (Wildman–Crippen MR) is 78.3 cm³/mol. The monoisotopic (exact) mass is 303 g/mol. The van der Waals surface area contributed by atoms with Gasteiger partial charge in [0.2, 0.25) is 0 Å². The highest BCUT2D eigenvalue weighted by molar-refractivity contribution is 5.46. The van der Waals surface area contributed by atoms with E-state index in [4.69, 9.17) is 13.8 Å². The smallest absolute Gasteiger partial charge is 0.280 e. The van der Waals surface area contributed by atoms with Crippen LogP contribution in [0.15, 0.2) is 15.1 Å². The lowest BCUT2D eigenvalue weighted by Gasteiger charge is -2.29. The van der Waals surface area contributed by atoms with Crippen LogP contribution in [0.2, 0.25) is 0 Å². The molecular formula is C16H21N3O3. The lowest BCUT2D eigenvalue weighted by Crippen LogP contribution is -2.30. The van der Waals surface area contributed by atoms with Crippen molar-refractivity contribution in [1.82, 2.24) is 15.3 Å². The van der Waals surface area contributed by atoms with Gasteiger partial charge in [-0.25, -0.2) is 0 Å². The zero-order valence-electron chi connectivity index (χ0n) is 13.2. The zero-order chi connectivity index (χ0) is 15.3. The van der Waals surface area contributed by atoms with E-state index in [1.54, 1.807) is 0 Å². The molecule has 0 spiro atoms. The normalized spacial score (nSPS) is 25.8. The summed E-state index contributed by atoms with van der Waals surface area (Å²) in [5.74, 6) is 2.77. The Morgan fingerprint density at radius 1 is 1.09 bits per heavy atom. The number of ether oxygens (including phenoxy) is 1. The Kier molecular flexibility index (Phi) is 3.11. The van der Waals surface area contributed by atoms with Crippen molar-refractivity contribution >= 4 is 0 Å². The van der Waals surface area contributed by atoms with E-state index >= 15 is 0 Å². The molecule has 0 unspecified atom stereocenters. The van der Waals surface area contributed by atoms with Gasteiger partial charge in [-0.1, -0.05) is 31.1 Å². The number of hydrogen-bond donors (Lipinski definition) is 0. The highest BCUT2D eigenvalue weighted by atomic mass is 16.5. The van der Waals surface area contributed by atoms with Gasteiger partial charge in [-0.3, -0.25) is 0 Å².